The van der Waals surface area contributed by atoms with Crippen molar-refractivity contribution < 1.29 is 0 Å². The highest BCUT2D eigenvalue weighted by Crippen LogP contribution is 2.43. The first-order valence-corrected chi connectivity index (χ1v) is 14.8. The lowest BCUT2D eigenvalue weighted by molar-refractivity contribution is 1.49. The normalized spacial score (nSPS) is 11.5. The van der Waals surface area contributed by atoms with Gasteiger partial charge >= 0.3 is 0 Å². The molecule has 8 aromatic carbocycles. The summed E-state index contributed by atoms with van der Waals surface area (Å²) in [5, 5.41) is 10.2. The number of fused-ring (bicyclic) bond motifs is 4. The summed E-state index contributed by atoms with van der Waals surface area (Å²) in [6.45, 7) is 0. The van der Waals surface area contributed by atoms with Crippen molar-refractivity contribution >= 4 is 54.9 Å². The molecule has 0 radical (unpaired) electrons. The van der Waals surface area contributed by atoms with Crippen molar-refractivity contribution in [2.75, 3.05) is 0 Å². The van der Waals surface area contributed by atoms with Crippen molar-refractivity contribution in [3.05, 3.63) is 158 Å². The summed E-state index contributed by atoms with van der Waals surface area (Å²) in [5.74, 6) is 0. The van der Waals surface area contributed by atoms with Crippen molar-refractivity contribution in [3.8, 4) is 22.3 Å². The third-order valence-electron chi connectivity index (χ3n) is 8.13. The van der Waals surface area contributed by atoms with Gasteiger partial charge < -0.3 is 0 Å². The lowest BCUT2D eigenvalue weighted by Gasteiger charge is -2.16. The Balaban J connectivity index is 1.28. The zero-order valence-corrected chi connectivity index (χ0v) is 23.2. The van der Waals surface area contributed by atoms with E-state index in [2.05, 4.69) is 158 Å². The first kappa shape index (κ1) is 24.0. The molecule has 0 amide bonds. The highest BCUT2D eigenvalue weighted by Gasteiger charge is 2.14. The second-order valence-corrected chi connectivity index (χ2v) is 11.6. The van der Waals surface area contributed by atoms with Gasteiger partial charge in [0.25, 0.3) is 0 Å². The topological polar surface area (TPSA) is 0 Å². The zero-order valence-electron chi connectivity index (χ0n) is 22.4. The summed E-state index contributed by atoms with van der Waals surface area (Å²) >= 11 is 1.85. The molecule has 0 spiro atoms. The van der Waals surface area contributed by atoms with E-state index in [-0.39, 0.29) is 0 Å². The van der Waals surface area contributed by atoms with Gasteiger partial charge in [-0.3, -0.25) is 0 Å². The molecule has 0 fully saturated rings. The van der Waals surface area contributed by atoms with Crippen LogP contribution in [0.3, 0.4) is 0 Å². The standard InChI is InChI=1S/C40H26S/c1-2-12-29-26-30(21-20-27(29)10-1)31-22-23-36(34-16-6-5-15-33(31)34)37-24-25-40(38-18-8-7-17-35(37)38)41-39-19-9-13-28-11-3-4-14-32(28)39/h1-26H. The highest BCUT2D eigenvalue weighted by atomic mass is 32.2. The molecule has 0 saturated carbocycles. The van der Waals surface area contributed by atoms with E-state index in [0.717, 1.165) is 0 Å². The maximum atomic E-state index is 2.31. The van der Waals surface area contributed by atoms with Gasteiger partial charge in [-0.2, -0.15) is 0 Å². The van der Waals surface area contributed by atoms with Crippen molar-refractivity contribution in [1.29, 1.82) is 0 Å². The molecule has 0 saturated heterocycles. The van der Waals surface area contributed by atoms with Crippen LogP contribution in [-0.4, -0.2) is 0 Å². The Morgan fingerprint density at radius 2 is 0.805 bits per heavy atom. The summed E-state index contributed by atoms with van der Waals surface area (Å²) in [6.07, 6.45) is 0. The minimum Gasteiger partial charge on any atom is -0.0888 e. The second kappa shape index (κ2) is 9.96. The van der Waals surface area contributed by atoms with Crippen LogP contribution in [0.25, 0.3) is 65.3 Å². The van der Waals surface area contributed by atoms with Crippen LogP contribution in [0.1, 0.15) is 0 Å². The smallest absolute Gasteiger partial charge is 0.0201 e. The molecule has 0 nitrogen and oxygen atoms in total. The van der Waals surface area contributed by atoms with Crippen LogP contribution in [0.4, 0.5) is 0 Å². The third kappa shape index (κ3) is 4.18. The number of benzene rings is 8. The fourth-order valence-electron chi connectivity index (χ4n) is 6.14. The lowest BCUT2D eigenvalue weighted by Crippen LogP contribution is -1.89. The Labute approximate surface area is 243 Å². The Morgan fingerprint density at radius 1 is 0.293 bits per heavy atom. The Morgan fingerprint density at radius 3 is 1.59 bits per heavy atom. The molecule has 0 bridgehead atoms. The number of hydrogen-bond donors (Lipinski definition) is 0. The average Bonchev–Trinajstić information content (AvgIpc) is 3.04. The number of rotatable bonds is 4. The first-order valence-electron chi connectivity index (χ1n) is 14.0. The molecule has 0 atom stereocenters. The van der Waals surface area contributed by atoms with E-state index in [1.54, 1.807) is 0 Å². The molecular formula is C40H26S. The molecule has 0 aliphatic heterocycles. The monoisotopic (exact) mass is 538 g/mol. The fourth-order valence-corrected chi connectivity index (χ4v) is 7.24. The molecule has 41 heavy (non-hydrogen) atoms. The minimum atomic E-state index is 1.25. The van der Waals surface area contributed by atoms with Crippen molar-refractivity contribution in [2.45, 2.75) is 9.79 Å². The SMILES string of the molecule is c1ccc2cc(-c3ccc(-c4ccc(Sc5cccc6ccccc56)c5ccccc45)c4ccccc34)ccc2c1. The molecular weight excluding hydrogens is 513 g/mol. The van der Waals surface area contributed by atoms with E-state index in [4.69, 9.17) is 0 Å². The summed E-state index contributed by atoms with van der Waals surface area (Å²) in [7, 11) is 0. The maximum Gasteiger partial charge on any atom is 0.0201 e. The van der Waals surface area contributed by atoms with E-state index in [1.807, 2.05) is 11.8 Å². The van der Waals surface area contributed by atoms with Gasteiger partial charge in [0.15, 0.2) is 0 Å². The van der Waals surface area contributed by atoms with Crippen molar-refractivity contribution in [2.24, 2.45) is 0 Å². The molecule has 192 valence electrons. The molecule has 0 aliphatic carbocycles. The highest BCUT2D eigenvalue weighted by molar-refractivity contribution is 7.99. The van der Waals surface area contributed by atoms with E-state index in [9.17, 15) is 0 Å². The quantitative estimate of drug-likeness (QED) is 0.215. The number of hydrogen-bond acceptors (Lipinski definition) is 1. The summed E-state index contributed by atoms with van der Waals surface area (Å²) in [4.78, 5) is 2.56. The molecule has 0 heterocycles. The van der Waals surface area contributed by atoms with E-state index >= 15 is 0 Å². The predicted octanol–water partition coefficient (Wildman–Crippen LogP) is 11.8. The van der Waals surface area contributed by atoms with Crippen molar-refractivity contribution in [1.82, 2.24) is 0 Å². The maximum absolute atomic E-state index is 2.31. The molecule has 0 N–H and O–H groups in total. The fraction of sp³-hybridized carbons (Fsp3) is 0. The average molecular weight is 539 g/mol. The summed E-state index contributed by atoms with van der Waals surface area (Å²) in [5.41, 5.74) is 5.05. The zero-order chi connectivity index (χ0) is 27.2. The van der Waals surface area contributed by atoms with Crippen LogP contribution in [0.5, 0.6) is 0 Å². The van der Waals surface area contributed by atoms with Crippen LogP contribution in [0.2, 0.25) is 0 Å². The molecule has 0 unspecified atom stereocenters. The van der Waals surface area contributed by atoms with Gasteiger partial charge in [0.05, 0.1) is 0 Å². The minimum absolute atomic E-state index is 1.25. The Kier molecular flexibility index (Phi) is 5.83. The van der Waals surface area contributed by atoms with Gasteiger partial charge in [-0.1, -0.05) is 151 Å². The second-order valence-electron chi connectivity index (χ2n) is 10.5. The van der Waals surface area contributed by atoms with Gasteiger partial charge in [0.1, 0.15) is 0 Å². The lowest BCUT2D eigenvalue weighted by atomic mass is 9.89. The first-order chi connectivity index (χ1) is 20.3. The van der Waals surface area contributed by atoms with Crippen LogP contribution in [0, 0.1) is 0 Å². The van der Waals surface area contributed by atoms with Gasteiger partial charge in [0.2, 0.25) is 0 Å². The molecule has 1 heteroatoms. The van der Waals surface area contributed by atoms with Crippen molar-refractivity contribution in [3.63, 3.8) is 0 Å². The van der Waals surface area contributed by atoms with Crippen LogP contribution in [-0.2, 0) is 0 Å². The van der Waals surface area contributed by atoms with Crippen LogP contribution < -0.4 is 0 Å². The largest absolute Gasteiger partial charge is 0.0888 e. The van der Waals surface area contributed by atoms with Crippen LogP contribution in [0.15, 0.2) is 168 Å². The van der Waals surface area contributed by atoms with E-state index in [1.165, 1.54) is 75.1 Å². The Bertz CT molecular complexity index is 2240. The van der Waals surface area contributed by atoms with Crippen LogP contribution >= 0.6 is 11.8 Å². The predicted molar refractivity (Wildman–Crippen MR) is 178 cm³/mol. The van der Waals surface area contributed by atoms with E-state index < -0.39 is 0 Å². The molecule has 8 rings (SSSR count). The molecule has 0 aromatic heterocycles. The van der Waals surface area contributed by atoms with Gasteiger partial charge in [-0.15, -0.1) is 0 Å². The molecule has 0 aliphatic rings. The summed E-state index contributed by atoms with van der Waals surface area (Å²) in [6, 6.07) is 57.5. The molecule has 8 aromatic rings. The van der Waals surface area contributed by atoms with E-state index in [0.29, 0.717) is 0 Å². The summed E-state index contributed by atoms with van der Waals surface area (Å²) < 4.78 is 0. The third-order valence-corrected chi connectivity index (χ3v) is 9.28. The van der Waals surface area contributed by atoms with Gasteiger partial charge in [-0.25, -0.2) is 0 Å². The van der Waals surface area contributed by atoms with Gasteiger partial charge in [0, 0.05) is 9.79 Å². The van der Waals surface area contributed by atoms with Gasteiger partial charge in [-0.05, 0) is 83.5 Å². The Hall–Kier alpha value is -4.85.